The van der Waals surface area contributed by atoms with Gasteiger partial charge >= 0.3 is 0 Å². The van der Waals surface area contributed by atoms with Gasteiger partial charge in [0.05, 0.1) is 0 Å². The third-order valence-corrected chi connectivity index (χ3v) is 5.94. The molecule has 1 N–H and O–H groups in total. The summed E-state index contributed by atoms with van der Waals surface area (Å²) >= 11 is 0. The molecule has 0 aliphatic heterocycles. The Morgan fingerprint density at radius 2 is 1.65 bits per heavy atom. The van der Waals surface area contributed by atoms with Crippen molar-refractivity contribution in [3.05, 3.63) is 107 Å². The topological polar surface area (TPSA) is 34.0 Å². The summed E-state index contributed by atoms with van der Waals surface area (Å²) in [7, 11) is 0. The number of fused-ring (bicyclic) bond motifs is 1. The molecule has 0 aliphatic rings. The molecule has 3 nitrogen and oxygen atoms in total. The number of hydrogen-bond donors (Lipinski definition) is 1. The van der Waals surface area contributed by atoms with Gasteiger partial charge in [-0.25, -0.2) is 0 Å². The van der Waals surface area contributed by atoms with Gasteiger partial charge < -0.3 is 9.88 Å². The van der Waals surface area contributed by atoms with E-state index in [2.05, 4.69) is 90.6 Å². The highest BCUT2D eigenvalue weighted by atomic mass is 16.1. The fourth-order valence-corrected chi connectivity index (χ4v) is 4.05. The van der Waals surface area contributed by atoms with Crippen LogP contribution in [-0.2, 0) is 17.8 Å². The molecule has 0 saturated heterocycles. The SMILES string of the molecule is Cc1ccc(Cn2cc(CCC(=O)NC[C@@H](C)c3ccccc3)c3ccccc32)cc1. The van der Waals surface area contributed by atoms with Gasteiger partial charge in [0.1, 0.15) is 0 Å². The predicted molar refractivity (Wildman–Crippen MR) is 128 cm³/mol. The van der Waals surface area contributed by atoms with E-state index in [1.165, 1.54) is 33.2 Å². The first-order valence-corrected chi connectivity index (χ1v) is 11.0. The fourth-order valence-electron chi connectivity index (χ4n) is 4.05. The molecule has 1 aromatic heterocycles. The van der Waals surface area contributed by atoms with E-state index in [0.717, 1.165) is 13.0 Å². The number of carbonyl (C=O) groups excluding carboxylic acids is 1. The summed E-state index contributed by atoms with van der Waals surface area (Å²) in [4.78, 5) is 12.5. The molecular weight excluding hydrogens is 380 g/mol. The first-order valence-electron chi connectivity index (χ1n) is 11.0. The van der Waals surface area contributed by atoms with Crippen molar-refractivity contribution in [3.63, 3.8) is 0 Å². The van der Waals surface area contributed by atoms with Crippen molar-refractivity contribution in [1.29, 1.82) is 0 Å². The minimum Gasteiger partial charge on any atom is -0.355 e. The Morgan fingerprint density at radius 3 is 2.42 bits per heavy atom. The van der Waals surface area contributed by atoms with E-state index >= 15 is 0 Å². The van der Waals surface area contributed by atoms with Gasteiger partial charge in [-0.15, -0.1) is 0 Å². The second-order valence-corrected chi connectivity index (χ2v) is 8.40. The van der Waals surface area contributed by atoms with Crippen LogP contribution in [-0.4, -0.2) is 17.0 Å². The van der Waals surface area contributed by atoms with Crippen molar-refractivity contribution < 1.29 is 4.79 Å². The van der Waals surface area contributed by atoms with Crippen LogP contribution in [0.15, 0.2) is 85.1 Å². The van der Waals surface area contributed by atoms with Crippen molar-refractivity contribution in [1.82, 2.24) is 9.88 Å². The molecule has 0 bridgehead atoms. The van der Waals surface area contributed by atoms with Gasteiger partial charge in [-0.05, 0) is 42.0 Å². The number of rotatable bonds is 8. The first-order chi connectivity index (χ1) is 15.1. The maximum Gasteiger partial charge on any atom is 0.220 e. The number of nitrogens with zero attached hydrogens (tertiary/aromatic N) is 1. The zero-order chi connectivity index (χ0) is 21.6. The summed E-state index contributed by atoms with van der Waals surface area (Å²) in [6.45, 7) is 5.76. The lowest BCUT2D eigenvalue weighted by Crippen LogP contribution is -2.27. The van der Waals surface area contributed by atoms with Crippen LogP contribution >= 0.6 is 0 Å². The van der Waals surface area contributed by atoms with Crippen LogP contribution < -0.4 is 5.32 Å². The van der Waals surface area contributed by atoms with Gasteiger partial charge in [0.15, 0.2) is 0 Å². The van der Waals surface area contributed by atoms with Gasteiger partial charge in [0, 0.05) is 36.6 Å². The number of hydrogen-bond acceptors (Lipinski definition) is 1. The quantitative estimate of drug-likeness (QED) is 0.388. The van der Waals surface area contributed by atoms with Crippen LogP contribution in [0.2, 0.25) is 0 Å². The summed E-state index contributed by atoms with van der Waals surface area (Å²) < 4.78 is 2.30. The molecule has 4 rings (SSSR count). The van der Waals surface area contributed by atoms with Gasteiger partial charge in [-0.3, -0.25) is 4.79 Å². The fraction of sp³-hybridized carbons (Fsp3) is 0.250. The summed E-state index contributed by atoms with van der Waals surface area (Å²) in [5.74, 6) is 0.416. The highest BCUT2D eigenvalue weighted by Crippen LogP contribution is 2.24. The number of nitrogens with one attached hydrogen (secondary N) is 1. The summed E-state index contributed by atoms with van der Waals surface area (Å²) in [6, 6.07) is 27.5. The third-order valence-electron chi connectivity index (χ3n) is 5.94. The van der Waals surface area contributed by atoms with E-state index in [9.17, 15) is 4.79 Å². The lowest BCUT2D eigenvalue weighted by atomic mass is 10.0. The molecular formula is C28H30N2O. The molecule has 31 heavy (non-hydrogen) atoms. The van der Waals surface area contributed by atoms with Crippen molar-refractivity contribution in [2.45, 2.75) is 39.2 Å². The average molecular weight is 411 g/mol. The highest BCUT2D eigenvalue weighted by molar-refractivity contribution is 5.85. The molecule has 3 heteroatoms. The normalized spacial score (nSPS) is 12.1. The van der Waals surface area contributed by atoms with Crippen molar-refractivity contribution in [2.24, 2.45) is 0 Å². The lowest BCUT2D eigenvalue weighted by molar-refractivity contribution is -0.121. The Balaban J connectivity index is 1.40. The third kappa shape index (κ3) is 5.24. The van der Waals surface area contributed by atoms with Gasteiger partial charge in [-0.1, -0.05) is 85.3 Å². The molecule has 4 aromatic rings. The lowest BCUT2D eigenvalue weighted by Gasteiger charge is -2.13. The Kier molecular flexibility index (Phi) is 6.51. The standard InChI is InChI=1S/C28H30N2O/c1-21-12-14-23(15-13-21)19-30-20-25(26-10-6-7-11-27(26)30)16-17-28(31)29-18-22(2)24-8-4-3-5-9-24/h3-15,20,22H,16-19H2,1-2H3,(H,29,31)/t22-/m1/s1. The summed E-state index contributed by atoms with van der Waals surface area (Å²) in [5.41, 5.74) is 6.26. The second-order valence-electron chi connectivity index (χ2n) is 8.40. The molecule has 0 aliphatic carbocycles. The number of carbonyl (C=O) groups is 1. The maximum atomic E-state index is 12.5. The van der Waals surface area contributed by atoms with Crippen LogP contribution in [0.3, 0.4) is 0 Å². The van der Waals surface area contributed by atoms with Crippen molar-refractivity contribution in [2.75, 3.05) is 6.54 Å². The van der Waals surface area contributed by atoms with Crippen LogP contribution in [0.25, 0.3) is 10.9 Å². The molecule has 0 unspecified atom stereocenters. The van der Waals surface area contributed by atoms with E-state index in [1.807, 2.05) is 18.2 Å². The largest absolute Gasteiger partial charge is 0.355 e. The number of benzene rings is 3. The average Bonchev–Trinajstić information content (AvgIpc) is 3.15. The maximum absolute atomic E-state index is 12.5. The number of para-hydroxylation sites is 1. The Hall–Kier alpha value is -3.33. The molecule has 1 atom stereocenters. The smallest absolute Gasteiger partial charge is 0.220 e. The van der Waals surface area contributed by atoms with E-state index < -0.39 is 0 Å². The number of aryl methyl sites for hydroxylation is 2. The monoisotopic (exact) mass is 410 g/mol. The summed E-state index contributed by atoms with van der Waals surface area (Å²) in [6.07, 6.45) is 3.46. The number of aromatic nitrogens is 1. The van der Waals surface area contributed by atoms with Crippen molar-refractivity contribution in [3.8, 4) is 0 Å². The zero-order valence-electron chi connectivity index (χ0n) is 18.3. The Labute approximate surface area is 184 Å². The molecule has 0 radical (unpaired) electrons. The molecule has 1 heterocycles. The van der Waals surface area contributed by atoms with Gasteiger partial charge in [-0.2, -0.15) is 0 Å². The first kappa shape index (κ1) is 20.9. The molecule has 3 aromatic carbocycles. The van der Waals surface area contributed by atoms with Gasteiger partial charge in [0.25, 0.3) is 0 Å². The van der Waals surface area contributed by atoms with Crippen LogP contribution in [0, 0.1) is 6.92 Å². The Bertz CT molecular complexity index is 1140. The van der Waals surface area contributed by atoms with Crippen LogP contribution in [0.4, 0.5) is 0 Å². The second kappa shape index (κ2) is 9.65. The molecule has 0 fully saturated rings. The molecule has 1 amide bonds. The van der Waals surface area contributed by atoms with E-state index in [-0.39, 0.29) is 5.91 Å². The van der Waals surface area contributed by atoms with E-state index in [1.54, 1.807) is 0 Å². The van der Waals surface area contributed by atoms with E-state index in [4.69, 9.17) is 0 Å². The minimum atomic E-state index is 0.109. The highest BCUT2D eigenvalue weighted by Gasteiger charge is 2.12. The number of amides is 1. The van der Waals surface area contributed by atoms with E-state index in [0.29, 0.717) is 18.9 Å². The minimum absolute atomic E-state index is 0.109. The predicted octanol–water partition coefficient (Wildman–Crippen LogP) is 5.85. The van der Waals surface area contributed by atoms with Crippen molar-refractivity contribution >= 4 is 16.8 Å². The molecule has 0 saturated carbocycles. The van der Waals surface area contributed by atoms with Gasteiger partial charge in [0.2, 0.25) is 5.91 Å². The van der Waals surface area contributed by atoms with Crippen LogP contribution in [0.1, 0.15) is 41.5 Å². The molecule has 158 valence electrons. The van der Waals surface area contributed by atoms with Crippen LogP contribution in [0.5, 0.6) is 0 Å². The zero-order valence-corrected chi connectivity index (χ0v) is 18.3. The summed E-state index contributed by atoms with van der Waals surface area (Å²) in [5, 5.41) is 4.34. The molecule has 0 spiro atoms. The Morgan fingerprint density at radius 1 is 0.935 bits per heavy atom.